The zero-order chi connectivity index (χ0) is 14.9. The Balaban J connectivity index is 1.90. The SMILES string of the molecule is NCC1(Cc2cc(Br)ccc2F)CCc2ccccc2C1. The summed E-state index contributed by atoms with van der Waals surface area (Å²) in [4.78, 5) is 0. The predicted molar refractivity (Wildman–Crippen MR) is 87.8 cm³/mol. The first-order valence-electron chi connectivity index (χ1n) is 7.33. The third kappa shape index (κ3) is 3.04. The van der Waals surface area contributed by atoms with Crippen LogP contribution in [-0.4, -0.2) is 6.54 Å². The number of hydrogen-bond acceptors (Lipinski definition) is 1. The molecule has 3 heteroatoms. The second-order valence-electron chi connectivity index (χ2n) is 6.06. The highest BCUT2D eigenvalue weighted by molar-refractivity contribution is 9.10. The highest BCUT2D eigenvalue weighted by Gasteiger charge is 2.34. The molecule has 0 aliphatic heterocycles. The lowest BCUT2D eigenvalue weighted by atomic mass is 9.68. The van der Waals surface area contributed by atoms with Gasteiger partial charge in [0.05, 0.1) is 0 Å². The normalized spacial score (nSPS) is 21.1. The van der Waals surface area contributed by atoms with E-state index in [4.69, 9.17) is 5.73 Å². The fourth-order valence-corrected chi connectivity index (χ4v) is 3.75. The molecule has 2 N–H and O–H groups in total. The topological polar surface area (TPSA) is 26.0 Å². The van der Waals surface area contributed by atoms with Gasteiger partial charge in [0.1, 0.15) is 5.82 Å². The maximum atomic E-state index is 14.1. The van der Waals surface area contributed by atoms with E-state index >= 15 is 0 Å². The summed E-state index contributed by atoms with van der Waals surface area (Å²) >= 11 is 3.43. The summed E-state index contributed by atoms with van der Waals surface area (Å²) in [7, 11) is 0. The van der Waals surface area contributed by atoms with E-state index in [2.05, 4.69) is 40.2 Å². The Kier molecular flexibility index (Phi) is 4.14. The van der Waals surface area contributed by atoms with Gasteiger partial charge in [-0.1, -0.05) is 40.2 Å². The zero-order valence-corrected chi connectivity index (χ0v) is 13.5. The van der Waals surface area contributed by atoms with Crippen LogP contribution < -0.4 is 5.73 Å². The van der Waals surface area contributed by atoms with E-state index in [0.29, 0.717) is 13.0 Å². The number of benzene rings is 2. The van der Waals surface area contributed by atoms with E-state index < -0.39 is 0 Å². The molecule has 1 aliphatic rings. The van der Waals surface area contributed by atoms with E-state index in [9.17, 15) is 4.39 Å². The van der Waals surface area contributed by atoms with Crippen LogP contribution >= 0.6 is 15.9 Å². The average molecular weight is 348 g/mol. The van der Waals surface area contributed by atoms with Crippen molar-refractivity contribution in [2.24, 2.45) is 11.1 Å². The standard InChI is InChI=1S/C18H19BrFN/c19-16-5-6-17(20)15(9-16)11-18(12-21)8-7-13-3-1-2-4-14(13)10-18/h1-6,9H,7-8,10-12,21H2. The first kappa shape index (κ1) is 14.7. The van der Waals surface area contributed by atoms with Gasteiger partial charge in [-0.3, -0.25) is 0 Å². The molecule has 0 aromatic heterocycles. The molecule has 0 bridgehead atoms. The number of halogens is 2. The second-order valence-corrected chi connectivity index (χ2v) is 6.98. The van der Waals surface area contributed by atoms with Crippen LogP contribution in [0.2, 0.25) is 0 Å². The van der Waals surface area contributed by atoms with E-state index in [-0.39, 0.29) is 11.2 Å². The van der Waals surface area contributed by atoms with Crippen LogP contribution in [0.25, 0.3) is 0 Å². The number of aryl methyl sites for hydroxylation is 1. The van der Waals surface area contributed by atoms with Crippen molar-refractivity contribution in [2.45, 2.75) is 25.7 Å². The molecule has 0 saturated heterocycles. The fourth-order valence-electron chi connectivity index (χ4n) is 3.35. The molecule has 21 heavy (non-hydrogen) atoms. The van der Waals surface area contributed by atoms with Crippen LogP contribution in [0, 0.1) is 11.2 Å². The van der Waals surface area contributed by atoms with Gasteiger partial charge in [0, 0.05) is 4.47 Å². The molecule has 2 aromatic rings. The van der Waals surface area contributed by atoms with Gasteiger partial charge in [-0.2, -0.15) is 0 Å². The maximum absolute atomic E-state index is 14.1. The summed E-state index contributed by atoms with van der Waals surface area (Å²) in [6.07, 6.45) is 3.68. The highest BCUT2D eigenvalue weighted by Crippen LogP contribution is 2.38. The monoisotopic (exact) mass is 347 g/mol. The summed E-state index contributed by atoms with van der Waals surface area (Å²) < 4.78 is 15.0. The van der Waals surface area contributed by atoms with Gasteiger partial charge in [-0.25, -0.2) is 4.39 Å². The van der Waals surface area contributed by atoms with Crippen molar-refractivity contribution in [1.29, 1.82) is 0 Å². The molecule has 3 rings (SSSR count). The lowest BCUT2D eigenvalue weighted by Crippen LogP contribution is -2.38. The highest BCUT2D eigenvalue weighted by atomic mass is 79.9. The van der Waals surface area contributed by atoms with Crippen molar-refractivity contribution in [2.75, 3.05) is 6.54 Å². The van der Waals surface area contributed by atoms with E-state index in [0.717, 1.165) is 29.3 Å². The van der Waals surface area contributed by atoms with Gasteiger partial charge in [-0.05, 0) is 72.5 Å². The van der Waals surface area contributed by atoms with Crippen molar-refractivity contribution >= 4 is 15.9 Å². The number of rotatable bonds is 3. The van der Waals surface area contributed by atoms with E-state index in [1.54, 1.807) is 6.07 Å². The third-order valence-corrected chi connectivity index (χ3v) is 5.11. The molecule has 1 unspecified atom stereocenters. The largest absolute Gasteiger partial charge is 0.330 e. The molecule has 0 amide bonds. The van der Waals surface area contributed by atoms with Gasteiger partial charge >= 0.3 is 0 Å². The van der Waals surface area contributed by atoms with Gasteiger partial charge < -0.3 is 5.73 Å². The molecule has 110 valence electrons. The minimum Gasteiger partial charge on any atom is -0.330 e. The lowest BCUT2D eigenvalue weighted by Gasteiger charge is -2.37. The van der Waals surface area contributed by atoms with E-state index in [1.807, 2.05) is 6.07 Å². The molecule has 1 nitrogen and oxygen atoms in total. The quantitative estimate of drug-likeness (QED) is 0.881. The molecule has 2 aromatic carbocycles. The summed E-state index contributed by atoms with van der Waals surface area (Å²) in [6.45, 7) is 0.591. The average Bonchev–Trinajstić information content (AvgIpc) is 2.51. The van der Waals surface area contributed by atoms with Crippen molar-refractivity contribution < 1.29 is 4.39 Å². The summed E-state index contributed by atoms with van der Waals surface area (Å²) in [5, 5.41) is 0. The third-order valence-electron chi connectivity index (χ3n) is 4.61. The fraction of sp³-hybridized carbons (Fsp3) is 0.333. The van der Waals surface area contributed by atoms with Gasteiger partial charge in [0.15, 0.2) is 0 Å². The summed E-state index contributed by atoms with van der Waals surface area (Å²) in [6, 6.07) is 13.7. The van der Waals surface area contributed by atoms with E-state index in [1.165, 1.54) is 17.2 Å². The molecule has 0 fully saturated rings. The van der Waals surface area contributed by atoms with Crippen LogP contribution in [0.15, 0.2) is 46.9 Å². The minimum absolute atomic E-state index is 0.0318. The molecule has 1 atom stereocenters. The number of hydrogen-bond donors (Lipinski definition) is 1. The van der Waals surface area contributed by atoms with Crippen molar-refractivity contribution in [3.05, 3.63) is 69.4 Å². The van der Waals surface area contributed by atoms with Crippen molar-refractivity contribution in [3.8, 4) is 0 Å². The van der Waals surface area contributed by atoms with Crippen LogP contribution in [0.1, 0.15) is 23.1 Å². The zero-order valence-electron chi connectivity index (χ0n) is 11.9. The van der Waals surface area contributed by atoms with Gasteiger partial charge in [0.25, 0.3) is 0 Å². The first-order valence-corrected chi connectivity index (χ1v) is 8.12. The molecule has 1 aliphatic carbocycles. The van der Waals surface area contributed by atoms with Gasteiger partial charge in [0.2, 0.25) is 0 Å². The lowest BCUT2D eigenvalue weighted by molar-refractivity contribution is 0.251. The first-order chi connectivity index (χ1) is 10.1. The Morgan fingerprint density at radius 2 is 1.90 bits per heavy atom. The Hall–Kier alpha value is -1.19. The Labute approximate surface area is 133 Å². The molecule has 0 saturated carbocycles. The number of fused-ring (bicyclic) bond motifs is 1. The molecule has 0 spiro atoms. The minimum atomic E-state index is -0.134. The molecular formula is C18H19BrFN. The molecule has 0 radical (unpaired) electrons. The Morgan fingerprint density at radius 1 is 1.14 bits per heavy atom. The van der Waals surface area contributed by atoms with Gasteiger partial charge in [-0.15, -0.1) is 0 Å². The van der Waals surface area contributed by atoms with Crippen molar-refractivity contribution in [1.82, 2.24) is 0 Å². The van der Waals surface area contributed by atoms with Crippen LogP contribution in [0.4, 0.5) is 4.39 Å². The smallest absolute Gasteiger partial charge is 0.126 e. The summed E-state index contributed by atoms with van der Waals surface area (Å²) in [5.74, 6) is -0.134. The van der Waals surface area contributed by atoms with Crippen LogP contribution in [0.5, 0.6) is 0 Å². The molecular weight excluding hydrogens is 329 g/mol. The second kappa shape index (κ2) is 5.90. The molecule has 0 heterocycles. The Morgan fingerprint density at radius 3 is 2.67 bits per heavy atom. The number of nitrogens with two attached hydrogens (primary N) is 1. The van der Waals surface area contributed by atoms with Crippen molar-refractivity contribution in [3.63, 3.8) is 0 Å². The van der Waals surface area contributed by atoms with Crippen LogP contribution in [0.3, 0.4) is 0 Å². The summed E-state index contributed by atoms with van der Waals surface area (Å²) in [5.41, 5.74) is 9.60. The maximum Gasteiger partial charge on any atom is 0.126 e. The predicted octanol–water partition coefficient (Wildman–Crippen LogP) is 4.26. The Bertz CT molecular complexity index is 655. The van der Waals surface area contributed by atoms with Crippen LogP contribution in [-0.2, 0) is 19.3 Å².